The quantitative estimate of drug-likeness (QED) is 0.357. The molecule has 0 N–H and O–H groups in total. The molecule has 0 radical (unpaired) electrons. The average molecular weight is 180 g/mol. The van der Waals surface area contributed by atoms with Crippen LogP contribution in [-0.2, 0) is 9.53 Å². The molecule has 0 bridgehead atoms. The van der Waals surface area contributed by atoms with Crippen LogP contribution in [0.3, 0.4) is 0 Å². The van der Waals surface area contributed by atoms with Gasteiger partial charge in [-0.05, 0) is 31.6 Å². The van der Waals surface area contributed by atoms with Gasteiger partial charge in [0.25, 0.3) is 0 Å². The van der Waals surface area contributed by atoms with Crippen molar-refractivity contribution < 1.29 is 9.53 Å². The molecule has 0 aromatic carbocycles. The molecule has 0 heterocycles. The van der Waals surface area contributed by atoms with E-state index >= 15 is 0 Å². The zero-order valence-corrected chi connectivity index (χ0v) is 8.25. The Balaban J connectivity index is 4.06. The van der Waals surface area contributed by atoms with E-state index in [4.69, 9.17) is 4.74 Å². The van der Waals surface area contributed by atoms with Crippen LogP contribution in [0, 0.1) is 0 Å². The first kappa shape index (κ1) is 11.7. The van der Waals surface area contributed by atoms with Crippen LogP contribution in [0.25, 0.3) is 0 Å². The van der Waals surface area contributed by atoms with E-state index in [9.17, 15) is 4.79 Å². The maximum Gasteiger partial charge on any atom is 0.152 e. The number of hydrogen-bond donors (Lipinski definition) is 0. The monoisotopic (exact) mass is 180 g/mol. The number of carbonyl (C=O) groups excluding carboxylic acids is 1. The highest BCUT2D eigenvalue weighted by molar-refractivity contribution is 5.87. The number of ether oxygens (including phenoxy) is 1. The van der Waals surface area contributed by atoms with Gasteiger partial charge in [-0.25, -0.2) is 0 Å². The number of rotatable bonds is 6. The summed E-state index contributed by atoms with van der Waals surface area (Å²) in [6, 6.07) is 0. The Hall–Kier alpha value is -1.31. The molecular formula is C11H16O2. The van der Waals surface area contributed by atoms with E-state index in [2.05, 4.69) is 6.58 Å². The average Bonchev–Trinajstić information content (AvgIpc) is 2.10. The number of allylic oxidation sites excluding steroid dienone is 4. The van der Waals surface area contributed by atoms with Gasteiger partial charge in [0.05, 0.1) is 6.61 Å². The molecule has 0 aromatic heterocycles. The van der Waals surface area contributed by atoms with Crippen molar-refractivity contribution in [1.82, 2.24) is 0 Å². The SMILES string of the molecule is C=C/C(=C\C=C\C(C)=O)OCCC. The van der Waals surface area contributed by atoms with E-state index in [-0.39, 0.29) is 5.78 Å². The second kappa shape index (κ2) is 7.35. The molecule has 0 aliphatic heterocycles. The molecule has 2 heteroatoms. The van der Waals surface area contributed by atoms with Crippen LogP contribution in [0.1, 0.15) is 20.3 Å². The van der Waals surface area contributed by atoms with Crippen molar-refractivity contribution >= 4 is 5.78 Å². The molecule has 0 aliphatic rings. The Kier molecular flexibility index (Phi) is 6.60. The fraction of sp³-hybridized carbons (Fsp3) is 0.364. The van der Waals surface area contributed by atoms with Gasteiger partial charge in [-0.2, -0.15) is 0 Å². The minimum absolute atomic E-state index is 0.0233. The van der Waals surface area contributed by atoms with E-state index in [0.29, 0.717) is 12.4 Å². The zero-order valence-electron chi connectivity index (χ0n) is 8.25. The van der Waals surface area contributed by atoms with Gasteiger partial charge in [-0.15, -0.1) is 0 Å². The lowest BCUT2D eigenvalue weighted by Gasteiger charge is -2.02. The Bertz CT molecular complexity index is 224. The first-order valence-electron chi connectivity index (χ1n) is 4.34. The summed E-state index contributed by atoms with van der Waals surface area (Å²) in [5.41, 5.74) is 0. The summed E-state index contributed by atoms with van der Waals surface area (Å²) in [7, 11) is 0. The second-order valence-corrected chi connectivity index (χ2v) is 2.59. The van der Waals surface area contributed by atoms with Crippen LogP contribution >= 0.6 is 0 Å². The third kappa shape index (κ3) is 7.06. The molecule has 0 amide bonds. The highest BCUT2D eigenvalue weighted by Crippen LogP contribution is 1.99. The zero-order chi connectivity index (χ0) is 10.1. The van der Waals surface area contributed by atoms with Crippen molar-refractivity contribution in [1.29, 1.82) is 0 Å². The van der Waals surface area contributed by atoms with Crippen molar-refractivity contribution in [2.75, 3.05) is 6.61 Å². The molecule has 0 aliphatic carbocycles. The minimum Gasteiger partial charge on any atom is -0.494 e. The van der Waals surface area contributed by atoms with Crippen LogP contribution in [-0.4, -0.2) is 12.4 Å². The highest BCUT2D eigenvalue weighted by atomic mass is 16.5. The molecule has 2 nitrogen and oxygen atoms in total. The standard InChI is InChI=1S/C11H16O2/c1-4-9-13-11(5-2)8-6-7-10(3)12/h5-8H,2,4,9H2,1,3H3/b7-6+,11-8+. The fourth-order valence-electron chi connectivity index (χ4n) is 0.673. The van der Waals surface area contributed by atoms with Gasteiger partial charge in [0.1, 0.15) is 5.76 Å². The Morgan fingerprint density at radius 2 is 2.23 bits per heavy atom. The van der Waals surface area contributed by atoms with Crippen LogP contribution in [0.5, 0.6) is 0 Å². The van der Waals surface area contributed by atoms with E-state index in [1.807, 2.05) is 6.92 Å². The maximum atomic E-state index is 10.5. The number of hydrogen-bond acceptors (Lipinski definition) is 2. The van der Waals surface area contributed by atoms with Gasteiger partial charge in [0.15, 0.2) is 5.78 Å². The summed E-state index contributed by atoms with van der Waals surface area (Å²) in [4.78, 5) is 10.5. The normalized spacial score (nSPS) is 11.7. The molecule has 0 rings (SSSR count). The van der Waals surface area contributed by atoms with Gasteiger partial charge in [0.2, 0.25) is 0 Å². The predicted octanol–water partition coefficient (Wildman–Crippen LogP) is 2.63. The Morgan fingerprint density at radius 3 is 2.69 bits per heavy atom. The van der Waals surface area contributed by atoms with Gasteiger partial charge in [-0.3, -0.25) is 4.79 Å². The predicted molar refractivity (Wildman–Crippen MR) is 54.3 cm³/mol. The lowest BCUT2D eigenvalue weighted by Crippen LogP contribution is -1.90. The Labute approximate surface area is 79.6 Å². The van der Waals surface area contributed by atoms with Crippen molar-refractivity contribution in [2.45, 2.75) is 20.3 Å². The van der Waals surface area contributed by atoms with Crippen molar-refractivity contribution in [3.05, 3.63) is 36.6 Å². The second-order valence-electron chi connectivity index (χ2n) is 2.59. The molecule has 0 saturated carbocycles. The van der Waals surface area contributed by atoms with E-state index in [1.165, 1.54) is 13.0 Å². The Morgan fingerprint density at radius 1 is 1.54 bits per heavy atom. The number of ketones is 1. The van der Waals surface area contributed by atoms with Gasteiger partial charge >= 0.3 is 0 Å². The van der Waals surface area contributed by atoms with E-state index in [1.54, 1.807) is 18.2 Å². The summed E-state index contributed by atoms with van der Waals surface area (Å²) in [5, 5.41) is 0. The molecule has 0 spiro atoms. The van der Waals surface area contributed by atoms with Crippen molar-refractivity contribution in [3.8, 4) is 0 Å². The summed E-state index contributed by atoms with van der Waals surface area (Å²) >= 11 is 0. The molecular weight excluding hydrogens is 164 g/mol. The molecule has 0 saturated heterocycles. The van der Waals surface area contributed by atoms with Crippen molar-refractivity contribution in [2.24, 2.45) is 0 Å². The first-order valence-corrected chi connectivity index (χ1v) is 4.34. The highest BCUT2D eigenvalue weighted by Gasteiger charge is 1.88. The topological polar surface area (TPSA) is 26.3 Å². The fourth-order valence-corrected chi connectivity index (χ4v) is 0.673. The lowest BCUT2D eigenvalue weighted by atomic mass is 10.3. The first-order chi connectivity index (χ1) is 6.20. The lowest BCUT2D eigenvalue weighted by molar-refractivity contribution is -0.112. The van der Waals surface area contributed by atoms with Gasteiger partial charge in [-0.1, -0.05) is 19.6 Å². The smallest absolute Gasteiger partial charge is 0.152 e. The van der Waals surface area contributed by atoms with Crippen LogP contribution in [0.4, 0.5) is 0 Å². The summed E-state index contributed by atoms with van der Waals surface area (Å²) < 4.78 is 5.30. The molecule has 13 heavy (non-hydrogen) atoms. The van der Waals surface area contributed by atoms with E-state index in [0.717, 1.165) is 6.42 Å². The summed E-state index contributed by atoms with van der Waals surface area (Å²) in [5.74, 6) is 0.717. The summed E-state index contributed by atoms with van der Waals surface area (Å²) in [6.45, 7) is 7.81. The largest absolute Gasteiger partial charge is 0.494 e. The van der Waals surface area contributed by atoms with Gasteiger partial charge in [0, 0.05) is 0 Å². The molecule has 72 valence electrons. The molecule has 0 atom stereocenters. The maximum absolute atomic E-state index is 10.5. The van der Waals surface area contributed by atoms with E-state index < -0.39 is 0 Å². The van der Waals surface area contributed by atoms with Crippen LogP contribution in [0.2, 0.25) is 0 Å². The summed E-state index contributed by atoms with van der Waals surface area (Å²) in [6.07, 6.45) is 7.46. The third-order valence-corrected chi connectivity index (χ3v) is 1.27. The van der Waals surface area contributed by atoms with Gasteiger partial charge < -0.3 is 4.74 Å². The molecule has 0 unspecified atom stereocenters. The number of carbonyl (C=O) groups is 1. The molecule has 0 fully saturated rings. The third-order valence-electron chi connectivity index (χ3n) is 1.27. The minimum atomic E-state index is 0.0233. The van der Waals surface area contributed by atoms with Crippen LogP contribution in [0.15, 0.2) is 36.6 Å². The van der Waals surface area contributed by atoms with Crippen molar-refractivity contribution in [3.63, 3.8) is 0 Å². The van der Waals surface area contributed by atoms with Crippen LogP contribution < -0.4 is 0 Å². The molecule has 0 aromatic rings.